The quantitative estimate of drug-likeness (QED) is 0.266. The number of rotatable bonds is 9. The summed E-state index contributed by atoms with van der Waals surface area (Å²) in [4.78, 5) is 22.8. The Labute approximate surface area is 235 Å². The Bertz CT molecular complexity index is 1460. The Hall–Kier alpha value is -4.07. The van der Waals surface area contributed by atoms with Crippen LogP contribution >= 0.6 is 0 Å². The Kier molecular flexibility index (Phi) is 7.58. The fourth-order valence-corrected chi connectivity index (χ4v) is 5.95. The molecule has 7 nitrogen and oxygen atoms in total. The number of nitrogens with one attached hydrogen (secondary N) is 1. The van der Waals surface area contributed by atoms with Crippen molar-refractivity contribution in [2.45, 2.75) is 37.8 Å². The van der Waals surface area contributed by atoms with Gasteiger partial charge in [-0.05, 0) is 85.3 Å². The molecule has 6 rings (SSSR count). The second-order valence-electron chi connectivity index (χ2n) is 11.2. The molecule has 0 bridgehead atoms. The van der Waals surface area contributed by atoms with Crippen LogP contribution in [0.5, 0.6) is 0 Å². The van der Waals surface area contributed by atoms with Gasteiger partial charge >= 0.3 is 0 Å². The maximum atomic E-state index is 12.1. The molecule has 1 aliphatic heterocycles. The lowest BCUT2D eigenvalue weighted by molar-refractivity contribution is 0.100. The summed E-state index contributed by atoms with van der Waals surface area (Å²) in [5.41, 5.74) is 19.5. The van der Waals surface area contributed by atoms with Gasteiger partial charge in [0.15, 0.2) is 0 Å². The summed E-state index contributed by atoms with van der Waals surface area (Å²) in [5, 5.41) is 3.84. The van der Waals surface area contributed by atoms with Crippen LogP contribution in [-0.4, -0.2) is 46.5 Å². The van der Waals surface area contributed by atoms with E-state index in [1.807, 2.05) is 48.8 Å². The van der Waals surface area contributed by atoms with Crippen molar-refractivity contribution in [3.63, 3.8) is 0 Å². The van der Waals surface area contributed by atoms with E-state index in [9.17, 15) is 4.79 Å². The van der Waals surface area contributed by atoms with Crippen molar-refractivity contribution in [1.29, 1.82) is 0 Å². The number of primary amides is 1. The largest absolute Gasteiger partial charge is 0.398 e. The molecule has 1 saturated heterocycles. The van der Waals surface area contributed by atoms with Gasteiger partial charge in [0.1, 0.15) is 6.33 Å². The molecule has 2 unspecified atom stereocenters. The van der Waals surface area contributed by atoms with Crippen LogP contribution in [0.3, 0.4) is 0 Å². The van der Waals surface area contributed by atoms with Gasteiger partial charge in [0.2, 0.25) is 5.91 Å². The molecule has 1 aromatic heterocycles. The van der Waals surface area contributed by atoms with Gasteiger partial charge in [-0.3, -0.25) is 9.69 Å². The SMILES string of the molecule is NC(=O)c1ccc(CN2CCC(CNC3CC3c3ccc(-c4cncnc4)cc3)CC2)cc1-c1ccccc1N. The smallest absolute Gasteiger partial charge is 0.249 e. The molecule has 40 heavy (non-hydrogen) atoms. The average Bonchev–Trinajstić information content (AvgIpc) is 3.77. The van der Waals surface area contributed by atoms with Crippen molar-refractivity contribution in [3.05, 3.63) is 102 Å². The van der Waals surface area contributed by atoms with Crippen LogP contribution in [0.15, 0.2) is 85.5 Å². The van der Waals surface area contributed by atoms with E-state index in [-0.39, 0.29) is 0 Å². The van der Waals surface area contributed by atoms with Gasteiger partial charge in [-0.25, -0.2) is 9.97 Å². The number of anilines is 1. The minimum Gasteiger partial charge on any atom is -0.398 e. The molecule has 2 atom stereocenters. The number of benzene rings is 3. The molecule has 4 aromatic rings. The summed E-state index contributed by atoms with van der Waals surface area (Å²) in [6.07, 6.45) is 8.86. The number of hydrogen-bond acceptors (Lipinski definition) is 6. The summed E-state index contributed by atoms with van der Waals surface area (Å²) in [7, 11) is 0. The van der Waals surface area contributed by atoms with Gasteiger partial charge in [-0.2, -0.15) is 0 Å². The third-order valence-corrected chi connectivity index (χ3v) is 8.41. The van der Waals surface area contributed by atoms with E-state index in [1.165, 1.54) is 30.4 Å². The van der Waals surface area contributed by atoms with Gasteiger partial charge in [0, 0.05) is 53.3 Å². The molecule has 5 N–H and O–H groups in total. The van der Waals surface area contributed by atoms with Gasteiger partial charge in [0.25, 0.3) is 0 Å². The predicted molar refractivity (Wildman–Crippen MR) is 159 cm³/mol. The Balaban J connectivity index is 0.987. The Morgan fingerprint density at radius 3 is 2.40 bits per heavy atom. The number of nitrogen functional groups attached to an aromatic ring is 1. The number of nitrogens with two attached hydrogens (primary N) is 2. The van der Waals surface area contributed by atoms with Crippen molar-refractivity contribution in [3.8, 4) is 22.3 Å². The number of para-hydroxylation sites is 1. The highest BCUT2D eigenvalue weighted by molar-refractivity contribution is 6.01. The lowest BCUT2D eigenvalue weighted by atomic mass is 9.94. The van der Waals surface area contributed by atoms with E-state index in [2.05, 4.69) is 50.5 Å². The van der Waals surface area contributed by atoms with E-state index in [0.717, 1.165) is 48.4 Å². The molecule has 0 radical (unpaired) electrons. The van der Waals surface area contributed by atoms with Gasteiger partial charge in [0.05, 0.1) is 0 Å². The molecule has 0 spiro atoms. The van der Waals surface area contributed by atoms with Crippen LogP contribution in [0.25, 0.3) is 22.3 Å². The monoisotopic (exact) mass is 532 g/mol. The third-order valence-electron chi connectivity index (χ3n) is 8.41. The zero-order chi connectivity index (χ0) is 27.5. The second-order valence-corrected chi connectivity index (χ2v) is 11.2. The number of likely N-dealkylation sites (tertiary alicyclic amines) is 1. The number of piperidine rings is 1. The van der Waals surface area contributed by atoms with Gasteiger partial charge in [-0.1, -0.05) is 48.5 Å². The summed E-state index contributed by atoms with van der Waals surface area (Å²) in [6.45, 7) is 4.09. The van der Waals surface area contributed by atoms with E-state index in [0.29, 0.717) is 29.1 Å². The van der Waals surface area contributed by atoms with Crippen molar-refractivity contribution in [2.24, 2.45) is 11.7 Å². The minimum atomic E-state index is -0.435. The normalized spacial score (nSPS) is 19.4. The fraction of sp³-hybridized carbons (Fsp3) is 0.303. The zero-order valence-corrected chi connectivity index (χ0v) is 22.7. The molecule has 2 aliphatic rings. The molecule has 204 valence electrons. The lowest BCUT2D eigenvalue weighted by Gasteiger charge is -2.32. The van der Waals surface area contributed by atoms with Crippen LogP contribution in [-0.2, 0) is 6.54 Å². The molecular weight excluding hydrogens is 496 g/mol. The Morgan fingerprint density at radius 2 is 1.68 bits per heavy atom. The van der Waals surface area contributed by atoms with Crippen LogP contribution in [0, 0.1) is 5.92 Å². The summed E-state index contributed by atoms with van der Waals surface area (Å²) >= 11 is 0. The number of carbonyl (C=O) groups excluding carboxylic acids is 1. The molecule has 3 aromatic carbocycles. The second kappa shape index (κ2) is 11.6. The third kappa shape index (κ3) is 5.91. The first kappa shape index (κ1) is 26.2. The van der Waals surface area contributed by atoms with Crippen LogP contribution in [0.2, 0.25) is 0 Å². The van der Waals surface area contributed by atoms with E-state index in [4.69, 9.17) is 11.5 Å². The number of hydrogen-bond donors (Lipinski definition) is 3. The molecule has 1 amide bonds. The highest BCUT2D eigenvalue weighted by Crippen LogP contribution is 2.41. The van der Waals surface area contributed by atoms with E-state index in [1.54, 1.807) is 6.33 Å². The first-order chi connectivity index (χ1) is 19.5. The van der Waals surface area contributed by atoms with Gasteiger partial charge in [-0.15, -0.1) is 0 Å². The van der Waals surface area contributed by atoms with Crippen molar-refractivity contribution in [1.82, 2.24) is 20.2 Å². The van der Waals surface area contributed by atoms with Gasteiger partial charge < -0.3 is 16.8 Å². The van der Waals surface area contributed by atoms with Crippen molar-refractivity contribution in [2.75, 3.05) is 25.4 Å². The maximum Gasteiger partial charge on any atom is 0.249 e. The van der Waals surface area contributed by atoms with Crippen LogP contribution in [0.4, 0.5) is 5.69 Å². The van der Waals surface area contributed by atoms with Crippen molar-refractivity contribution < 1.29 is 4.79 Å². The Morgan fingerprint density at radius 1 is 0.925 bits per heavy atom. The summed E-state index contributed by atoms with van der Waals surface area (Å²) in [5.74, 6) is 0.877. The average molecular weight is 533 g/mol. The predicted octanol–water partition coefficient (Wildman–Crippen LogP) is 4.85. The minimum absolute atomic E-state index is 0.435. The summed E-state index contributed by atoms with van der Waals surface area (Å²) in [6, 6.07) is 23.0. The molecule has 2 fully saturated rings. The molecular formula is C33H36N6O. The molecule has 1 saturated carbocycles. The topological polar surface area (TPSA) is 110 Å². The number of amides is 1. The molecule has 7 heteroatoms. The maximum absolute atomic E-state index is 12.1. The van der Waals surface area contributed by atoms with Crippen LogP contribution < -0.4 is 16.8 Å². The van der Waals surface area contributed by atoms with Crippen LogP contribution in [0.1, 0.15) is 46.7 Å². The number of carbonyl (C=O) groups is 1. The van der Waals surface area contributed by atoms with Crippen molar-refractivity contribution >= 4 is 11.6 Å². The van der Waals surface area contributed by atoms with E-state index < -0.39 is 5.91 Å². The first-order valence-corrected chi connectivity index (χ1v) is 14.1. The molecule has 2 heterocycles. The van der Waals surface area contributed by atoms with E-state index >= 15 is 0 Å². The lowest BCUT2D eigenvalue weighted by Crippen LogP contribution is -2.37. The number of aromatic nitrogens is 2. The molecule has 1 aliphatic carbocycles. The highest BCUT2D eigenvalue weighted by atomic mass is 16.1. The zero-order valence-electron chi connectivity index (χ0n) is 22.7. The number of nitrogens with zero attached hydrogens (tertiary/aromatic N) is 3. The standard InChI is InChI=1S/C33H36N6O/c34-31-4-2-1-3-27(31)30-15-23(5-10-28(30)33(35)40)20-39-13-11-22(12-14-39)17-38-32-16-29(32)25-8-6-24(7-9-25)26-18-36-21-37-19-26/h1-10,15,18-19,21-22,29,32,38H,11-14,16-17,20,34H2,(H2,35,40). The summed E-state index contributed by atoms with van der Waals surface area (Å²) < 4.78 is 0. The fourth-order valence-electron chi connectivity index (χ4n) is 5.95. The first-order valence-electron chi connectivity index (χ1n) is 14.1. The highest BCUT2D eigenvalue weighted by Gasteiger charge is 2.38.